The molecule has 174 valence electrons. The number of hydrogen-bond donors (Lipinski definition) is 3. The van der Waals surface area contributed by atoms with E-state index in [1.165, 1.54) is 0 Å². The van der Waals surface area contributed by atoms with Crippen molar-refractivity contribution in [2.75, 3.05) is 24.6 Å². The molecule has 1 aliphatic rings. The van der Waals surface area contributed by atoms with Crippen LogP contribution in [0.25, 0.3) is 22.3 Å². The maximum atomic E-state index is 12.0. The molecule has 2 heterocycles. The number of ether oxygens (including phenoxy) is 1. The predicted molar refractivity (Wildman–Crippen MR) is 127 cm³/mol. The van der Waals surface area contributed by atoms with Crippen LogP contribution in [0, 0.1) is 6.92 Å². The number of phenolic OH excluding ortho intramolecular Hbond substituents is 1. The van der Waals surface area contributed by atoms with Crippen LogP contribution in [0.1, 0.15) is 32.3 Å². The van der Waals surface area contributed by atoms with E-state index in [0.29, 0.717) is 24.5 Å². The topological polar surface area (TPSA) is 108 Å². The molecule has 8 nitrogen and oxygen atoms in total. The number of aryl methyl sites for hydroxylation is 1. The van der Waals surface area contributed by atoms with E-state index in [4.69, 9.17) is 14.7 Å². The van der Waals surface area contributed by atoms with E-state index < -0.39 is 11.7 Å². The van der Waals surface area contributed by atoms with Gasteiger partial charge in [-0.3, -0.25) is 0 Å². The Kier molecular flexibility index (Phi) is 6.37. The Labute approximate surface area is 193 Å². The maximum Gasteiger partial charge on any atom is 0.407 e. The number of hydrogen-bond acceptors (Lipinski definition) is 7. The third kappa shape index (κ3) is 5.51. The Hall–Kier alpha value is -3.39. The van der Waals surface area contributed by atoms with E-state index >= 15 is 0 Å². The maximum absolute atomic E-state index is 12.0. The number of phenols is 1. The lowest BCUT2D eigenvalue weighted by atomic mass is 10.0. The molecule has 4 rings (SSSR count). The van der Waals surface area contributed by atoms with Gasteiger partial charge in [0.2, 0.25) is 0 Å². The molecular formula is C25H30N4O4. The van der Waals surface area contributed by atoms with E-state index in [0.717, 1.165) is 35.1 Å². The first-order valence-electron chi connectivity index (χ1n) is 11.2. The second-order valence-electron chi connectivity index (χ2n) is 9.20. The van der Waals surface area contributed by atoms with Crippen LogP contribution >= 0.6 is 0 Å². The second kappa shape index (κ2) is 9.23. The third-order valence-corrected chi connectivity index (χ3v) is 5.65. The third-order valence-electron chi connectivity index (χ3n) is 5.65. The molecule has 1 aromatic heterocycles. The smallest absolute Gasteiger partial charge is 0.407 e. The SMILES string of the molecule is Cc1ccc2c(N3CCC(NC(=O)OCC(C)(C)O)CC3)nc(-c3ccccc3O)nc2c1. The normalized spacial score (nSPS) is 15.0. The summed E-state index contributed by atoms with van der Waals surface area (Å²) in [6.45, 7) is 6.56. The summed E-state index contributed by atoms with van der Waals surface area (Å²) in [6, 6.07) is 13.2. The molecule has 0 aliphatic carbocycles. The molecule has 1 saturated heterocycles. The fourth-order valence-electron chi connectivity index (χ4n) is 3.93. The van der Waals surface area contributed by atoms with Crippen molar-refractivity contribution >= 4 is 22.8 Å². The number of aromatic hydroxyl groups is 1. The van der Waals surface area contributed by atoms with E-state index in [9.17, 15) is 15.0 Å². The molecule has 1 aliphatic heterocycles. The number of para-hydroxylation sites is 1. The number of anilines is 1. The zero-order valence-corrected chi connectivity index (χ0v) is 19.2. The van der Waals surface area contributed by atoms with Crippen LogP contribution in [0.2, 0.25) is 0 Å². The molecule has 0 radical (unpaired) electrons. The molecule has 0 unspecified atom stereocenters. The first-order chi connectivity index (χ1) is 15.7. The summed E-state index contributed by atoms with van der Waals surface area (Å²) < 4.78 is 5.11. The van der Waals surface area contributed by atoms with Crippen LogP contribution in [0.3, 0.4) is 0 Å². The minimum Gasteiger partial charge on any atom is -0.507 e. The highest BCUT2D eigenvalue weighted by Crippen LogP contribution is 2.33. The Morgan fingerprint density at radius 3 is 2.61 bits per heavy atom. The monoisotopic (exact) mass is 450 g/mol. The first kappa shape index (κ1) is 22.8. The second-order valence-corrected chi connectivity index (χ2v) is 9.20. The van der Waals surface area contributed by atoms with E-state index in [1.807, 2.05) is 37.3 Å². The van der Waals surface area contributed by atoms with Crippen LogP contribution in [-0.4, -0.2) is 57.6 Å². The molecule has 0 spiro atoms. The number of aliphatic hydroxyl groups is 1. The lowest BCUT2D eigenvalue weighted by Gasteiger charge is -2.33. The average Bonchev–Trinajstić information content (AvgIpc) is 2.77. The highest BCUT2D eigenvalue weighted by atomic mass is 16.6. The average molecular weight is 451 g/mol. The van der Waals surface area contributed by atoms with Gasteiger partial charge in [0.25, 0.3) is 0 Å². The standard InChI is InChI=1S/C25H30N4O4/c1-16-8-9-18-20(14-16)27-22(19-6-4-5-7-21(19)30)28-23(18)29-12-10-17(11-13-29)26-24(31)33-15-25(2,3)32/h4-9,14,17,30,32H,10-13,15H2,1-3H3,(H,26,31). The van der Waals surface area contributed by atoms with E-state index in [2.05, 4.69) is 10.2 Å². The number of alkyl carbamates (subject to hydrolysis) is 1. The number of benzene rings is 2. The van der Waals surface area contributed by atoms with E-state index in [-0.39, 0.29) is 18.4 Å². The summed E-state index contributed by atoms with van der Waals surface area (Å²) >= 11 is 0. The van der Waals surface area contributed by atoms with Crippen LogP contribution in [0.4, 0.5) is 10.6 Å². The fourth-order valence-corrected chi connectivity index (χ4v) is 3.93. The summed E-state index contributed by atoms with van der Waals surface area (Å²) in [5.41, 5.74) is 1.46. The molecule has 8 heteroatoms. The lowest BCUT2D eigenvalue weighted by Crippen LogP contribution is -2.46. The zero-order chi connectivity index (χ0) is 23.6. The van der Waals surface area contributed by atoms with Crippen molar-refractivity contribution in [3.05, 3.63) is 48.0 Å². The molecule has 3 N–H and O–H groups in total. The van der Waals surface area contributed by atoms with Gasteiger partial charge < -0.3 is 25.2 Å². The molecule has 33 heavy (non-hydrogen) atoms. The fraction of sp³-hybridized carbons (Fsp3) is 0.400. The lowest BCUT2D eigenvalue weighted by molar-refractivity contribution is 0.00592. The Morgan fingerprint density at radius 2 is 1.91 bits per heavy atom. The molecule has 2 aromatic carbocycles. The van der Waals surface area contributed by atoms with Crippen molar-refractivity contribution in [3.8, 4) is 17.1 Å². The van der Waals surface area contributed by atoms with Gasteiger partial charge in [0.15, 0.2) is 5.82 Å². The first-order valence-corrected chi connectivity index (χ1v) is 11.2. The van der Waals surface area contributed by atoms with Crippen molar-refractivity contribution in [3.63, 3.8) is 0 Å². The number of amides is 1. The van der Waals surface area contributed by atoms with Crippen molar-refractivity contribution in [1.82, 2.24) is 15.3 Å². The number of carbonyl (C=O) groups is 1. The van der Waals surface area contributed by atoms with Crippen LogP contribution in [-0.2, 0) is 4.74 Å². The molecule has 0 atom stereocenters. The van der Waals surface area contributed by atoms with Crippen molar-refractivity contribution in [2.24, 2.45) is 0 Å². The number of rotatable bonds is 5. The van der Waals surface area contributed by atoms with Crippen molar-refractivity contribution in [2.45, 2.75) is 45.3 Å². The van der Waals surface area contributed by atoms with Crippen molar-refractivity contribution < 1.29 is 19.7 Å². The molecule has 0 saturated carbocycles. The molecule has 1 fully saturated rings. The Bertz CT molecular complexity index is 1150. The Balaban J connectivity index is 1.54. The highest BCUT2D eigenvalue weighted by molar-refractivity contribution is 5.92. The van der Waals surface area contributed by atoms with Crippen LogP contribution < -0.4 is 10.2 Å². The number of carbonyl (C=O) groups excluding carboxylic acids is 1. The summed E-state index contributed by atoms with van der Waals surface area (Å²) in [7, 11) is 0. The summed E-state index contributed by atoms with van der Waals surface area (Å²) in [5, 5.41) is 23.9. The van der Waals surface area contributed by atoms with Crippen LogP contribution in [0.15, 0.2) is 42.5 Å². The molecule has 3 aromatic rings. The van der Waals surface area contributed by atoms with Gasteiger partial charge in [-0.2, -0.15) is 0 Å². The Morgan fingerprint density at radius 1 is 1.18 bits per heavy atom. The van der Waals surface area contributed by atoms with E-state index in [1.54, 1.807) is 26.0 Å². The van der Waals surface area contributed by atoms with Gasteiger partial charge in [-0.15, -0.1) is 0 Å². The minimum absolute atomic E-state index is 0.0106. The number of piperidine rings is 1. The van der Waals surface area contributed by atoms with Gasteiger partial charge in [0.05, 0.1) is 16.7 Å². The predicted octanol–water partition coefficient (Wildman–Crippen LogP) is 3.78. The number of aromatic nitrogens is 2. The summed E-state index contributed by atoms with van der Waals surface area (Å²) in [6.07, 6.45) is 0.960. The van der Waals surface area contributed by atoms with Gasteiger partial charge in [-0.1, -0.05) is 18.2 Å². The van der Waals surface area contributed by atoms with Crippen LogP contribution in [0.5, 0.6) is 5.75 Å². The van der Waals surface area contributed by atoms with Gasteiger partial charge in [0, 0.05) is 24.5 Å². The largest absolute Gasteiger partial charge is 0.507 e. The van der Waals surface area contributed by atoms with Crippen molar-refractivity contribution in [1.29, 1.82) is 0 Å². The molecule has 1 amide bonds. The molecule has 0 bridgehead atoms. The highest BCUT2D eigenvalue weighted by Gasteiger charge is 2.25. The van der Waals surface area contributed by atoms with Gasteiger partial charge in [0.1, 0.15) is 18.2 Å². The summed E-state index contributed by atoms with van der Waals surface area (Å²) in [4.78, 5) is 23.8. The number of fused-ring (bicyclic) bond motifs is 1. The zero-order valence-electron chi connectivity index (χ0n) is 19.2. The molecular weight excluding hydrogens is 420 g/mol. The number of nitrogens with one attached hydrogen (secondary N) is 1. The quantitative estimate of drug-likeness (QED) is 0.543. The number of nitrogens with zero attached hydrogens (tertiary/aromatic N) is 3. The minimum atomic E-state index is -1.06. The van der Waals surface area contributed by atoms with Gasteiger partial charge in [-0.05, 0) is 63.4 Å². The summed E-state index contributed by atoms with van der Waals surface area (Å²) in [5.74, 6) is 1.45. The van der Waals surface area contributed by atoms with Gasteiger partial charge in [-0.25, -0.2) is 14.8 Å². The van der Waals surface area contributed by atoms with Gasteiger partial charge >= 0.3 is 6.09 Å².